The molecular formula is C23H46O3. The molecule has 0 heterocycles. The van der Waals surface area contributed by atoms with E-state index in [0.29, 0.717) is 12.3 Å². The Hall–Kier alpha value is -0.860. The summed E-state index contributed by atoms with van der Waals surface area (Å²) in [5.74, 6) is -0.0432. The number of carboxylic acid groups (broad SMARTS) is 1. The summed E-state index contributed by atoms with van der Waals surface area (Å²) < 4.78 is 0. The molecule has 0 aromatic rings. The van der Waals surface area contributed by atoms with Crippen LogP contribution in [0.15, 0.2) is 0 Å². The second-order valence-corrected chi connectivity index (χ2v) is 7.93. The van der Waals surface area contributed by atoms with E-state index in [-0.39, 0.29) is 5.92 Å². The highest BCUT2D eigenvalue weighted by molar-refractivity contribution is 5.66. The molecule has 0 radical (unpaired) electrons. The first-order valence-corrected chi connectivity index (χ1v) is 11.1. The summed E-state index contributed by atoms with van der Waals surface area (Å²) >= 11 is 0. The zero-order valence-corrected chi connectivity index (χ0v) is 18.1. The lowest BCUT2D eigenvalue weighted by atomic mass is 9.99. The molecule has 26 heavy (non-hydrogen) atoms. The van der Waals surface area contributed by atoms with Crippen LogP contribution in [0, 0.1) is 11.8 Å². The van der Waals surface area contributed by atoms with Crippen LogP contribution in [0.25, 0.3) is 0 Å². The third-order valence-corrected chi connectivity index (χ3v) is 4.82. The van der Waals surface area contributed by atoms with Crippen molar-refractivity contribution in [1.82, 2.24) is 0 Å². The van der Waals surface area contributed by atoms with Gasteiger partial charge in [0.15, 0.2) is 0 Å². The van der Waals surface area contributed by atoms with Crippen LogP contribution >= 0.6 is 0 Å². The molecule has 3 nitrogen and oxygen atoms in total. The molecule has 0 fully saturated rings. The van der Waals surface area contributed by atoms with Crippen molar-refractivity contribution in [3.8, 4) is 0 Å². The summed E-state index contributed by atoms with van der Waals surface area (Å²) in [6.45, 7) is 8.47. The molecule has 0 aromatic carbocycles. The number of hydrogen-bond acceptors (Lipinski definition) is 2. The van der Waals surface area contributed by atoms with Crippen molar-refractivity contribution in [1.29, 1.82) is 0 Å². The van der Waals surface area contributed by atoms with Gasteiger partial charge in [0.2, 0.25) is 0 Å². The largest absolute Gasteiger partial charge is 0.481 e. The van der Waals surface area contributed by atoms with Crippen molar-refractivity contribution < 1.29 is 14.7 Å². The maximum absolute atomic E-state index is 10.4. The van der Waals surface area contributed by atoms with Gasteiger partial charge in [-0.1, -0.05) is 111 Å². The first kappa shape index (κ1) is 27.4. The number of carboxylic acids is 1. The highest BCUT2D eigenvalue weighted by atomic mass is 16.4. The molecule has 0 aliphatic rings. The Morgan fingerprint density at radius 3 is 1.62 bits per heavy atom. The quantitative estimate of drug-likeness (QED) is 0.214. The van der Waals surface area contributed by atoms with E-state index in [1.807, 2.05) is 13.8 Å². The van der Waals surface area contributed by atoms with Gasteiger partial charge in [0.1, 0.15) is 6.29 Å². The molecule has 0 aliphatic carbocycles. The third-order valence-electron chi connectivity index (χ3n) is 4.82. The van der Waals surface area contributed by atoms with Crippen LogP contribution in [-0.2, 0) is 9.59 Å². The van der Waals surface area contributed by atoms with E-state index in [2.05, 4.69) is 13.8 Å². The van der Waals surface area contributed by atoms with Gasteiger partial charge in [-0.05, 0) is 12.3 Å². The summed E-state index contributed by atoms with van der Waals surface area (Å²) in [6.07, 6.45) is 19.2. The summed E-state index contributed by atoms with van der Waals surface area (Å²) in [4.78, 5) is 20.7. The lowest BCUT2D eigenvalue weighted by Crippen LogP contribution is -2.03. The van der Waals surface area contributed by atoms with Gasteiger partial charge in [-0.3, -0.25) is 4.79 Å². The summed E-state index contributed by atoms with van der Waals surface area (Å²) in [6, 6.07) is 0. The molecule has 0 spiro atoms. The van der Waals surface area contributed by atoms with Crippen molar-refractivity contribution in [2.75, 3.05) is 0 Å². The third kappa shape index (κ3) is 25.4. The van der Waals surface area contributed by atoms with Crippen LogP contribution in [0.5, 0.6) is 0 Å². The zero-order valence-electron chi connectivity index (χ0n) is 18.1. The van der Waals surface area contributed by atoms with Crippen LogP contribution in [-0.4, -0.2) is 17.4 Å². The Morgan fingerprint density at radius 2 is 1.19 bits per heavy atom. The van der Waals surface area contributed by atoms with Crippen LogP contribution in [0.4, 0.5) is 0 Å². The standard InChI is InChI=1S/C12H24O2.C11H22O/c1-3-4-5-6-7-8-9-11(2)10-12(13)14;1-3-4-5-6-7-8-9-11(2)10-12/h11H,3-10H2,1-2H3,(H,13,14);10-11H,3-9H2,1-2H3. The van der Waals surface area contributed by atoms with E-state index in [1.165, 1.54) is 77.0 Å². The maximum Gasteiger partial charge on any atom is 0.303 e. The average Bonchev–Trinajstić information content (AvgIpc) is 2.60. The number of carbonyl (C=O) groups is 2. The number of aliphatic carboxylic acids is 1. The monoisotopic (exact) mass is 370 g/mol. The molecule has 0 saturated heterocycles. The Kier molecular flexibility index (Phi) is 23.3. The lowest BCUT2D eigenvalue weighted by molar-refractivity contribution is -0.138. The van der Waals surface area contributed by atoms with E-state index in [9.17, 15) is 9.59 Å². The van der Waals surface area contributed by atoms with Crippen LogP contribution < -0.4 is 0 Å². The Labute approximate surface area is 163 Å². The average molecular weight is 371 g/mol. The zero-order chi connectivity index (χ0) is 20.0. The van der Waals surface area contributed by atoms with Crippen LogP contribution in [0.2, 0.25) is 0 Å². The SMILES string of the molecule is CCCCCCCCC(C)C=O.CCCCCCCCC(C)CC(=O)O. The normalized spacial score (nSPS) is 12.8. The van der Waals surface area contributed by atoms with Crippen molar-refractivity contribution in [2.24, 2.45) is 11.8 Å². The minimum atomic E-state index is -0.663. The summed E-state index contributed by atoms with van der Waals surface area (Å²) in [5, 5.41) is 8.56. The molecule has 1 N–H and O–H groups in total. The van der Waals surface area contributed by atoms with E-state index in [0.717, 1.165) is 19.1 Å². The fourth-order valence-corrected chi connectivity index (χ4v) is 2.99. The number of carbonyl (C=O) groups excluding carboxylic acids is 1. The summed E-state index contributed by atoms with van der Waals surface area (Å²) in [7, 11) is 0. The van der Waals surface area contributed by atoms with E-state index >= 15 is 0 Å². The fourth-order valence-electron chi connectivity index (χ4n) is 2.99. The molecule has 2 unspecified atom stereocenters. The topological polar surface area (TPSA) is 54.4 Å². The number of rotatable bonds is 17. The lowest BCUT2D eigenvalue weighted by Gasteiger charge is -2.07. The van der Waals surface area contributed by atoms with Crippen molar-refractivity contribution >= 4 is 12.3 Å². The molecular weight excluding hydrogens is 324 g/mol. The minimum absolute atomic E-state index is 0.274. The van der Waals surface area contributed by atoms with Gasteiger partial charge < -0.3 is 9.90 Å². The molecule has 0 rings (SSSR count). The van der Waals surface area contributed by atoms with Crippen molar-refractivity contribution in [3.05, 3.63) is 0 Å². The van der Waals surface area contributed by atoms with Crippen LogP contribution in [0.3, 0.4) is 0 Å². The predicted octanol–water partition coefficient (Wildman–Crippen LogP) is 7.42. The van der Waals surface area contributed by atoms with Gasteiger partial charge in [-0.2, -0.15) is 0 Å². The van der Waals surface area contributed by atoms with Gasteiger partial charge in [-0.25, -0.2) is 0 Å². The van der Waals surface area contributed by atoms with Gasteiger partial charge in [-0.15, -0.1) is 0 Å². The number of unbranched alkanes of at least 4 members (excludes halogenated alkanes) is 10. The molecule has 0 aliphatic heterocycles. The Morgan fingerprint density at radius 1 is 0.769 bits per heavy atom. The summed E-state index contributed by atoms with van der Waals surface area (Å²) in [5.41, 5.74) is 0. The van der Waals surface area contributed by atoms with Gasteiger partial charge in [0.05, 0.1) is 0 Å². The molecule has 0 aromatic heterocycles. The van der Waals surface area contributed by atoms with Crippen LogP contribution in [0.1, 0.15) is 124 Å². The Bertz CT molecular complexity index is 302. The number of aldehydes is 1. The molecule has 2 atom stereocenters. The maximum atomic E-state index is 10.4. The second kappa shape index (κ2) is 22.2. The molecule has 3 heteroatoms. The Balaban J connectivity index is 0. The number of hydrogen-bond donors (Lipinski definition) is 1. The molecule has 0 saturated carbocycles. The molecule has 0 bridgehead atoms. The predicted molar refractivity (Wildman–Crippen MR) is 113 cm³/mol. The fraction of sp³-hybridized carbons (Fsp3) is 0.913. The van der Waals surface area contributed by atoms with E-state index in [1.54, 1.807) is 0 Å². The first-order valence-electron chi connectivity index (χ1n) is 11.1. The second-order valence-electron chi connectivity index (χ2n) is 7.93. The highest BCUT2D eigenvalue weighted by Gasteiger charge is 2.06. The molecule has 0 amide bonds. The minimum Gasteiger partial charge on any atom is -0.481 e. The first-order chi connectivity index (χ1) is 12.5. The molecule has 156 valence electrons. The smallest absolute Gasteiger partial charge is 0.303 e. The van der Waals surface area contributed by atoms with Gasteiger partial charge in [0, 0.05) is 12.3 Å². The van der Waals surface area contributed by atoms with Crippen molar-refractivity contribution in [2.45, 2.75) is 124 Å². The van der Waals surface area contributed by atoms with Gasteiger partial charge in [0.25, 0.3) is 0 Å². The van der Waals surface area contributed by atoms with E-state index in [4.69, 9.17) is 5.11 Å². The van der Waals surface area contributed by atoms with Crippen molar-refractivity contribution in [3.63, 3.8) is 0 Å². The van der Waals surface area contributed by atoms with E-state index < -0.39 is 5.97 Å². The highest BCUT2D eigenvalue weighted by Crippen LogP contribution is 2.14. The van der Waals surface area contributed by atoms with Gasteiger partial charge >= 0.3 is 5.97 Å².